The minimum atomic E-state index is -1.08. The van der Waals surface area contributed by atoms with E-state index < -0.39 is 23.2 Å². The van der Waals surface area contributed by atoms with Crippen molar-refractivity contribution in [1.29, 1.82) is 0 Å². The van der Waals surface area contributed by atoms with Crippen LogP contribution in [0.2, 0.25) is 0 Å². The maximum atomic E-state index is 14.5. The van der Waals surface area contributed by atoms with Gasteiger partial charge in [-0.1, -0.05) is 61.5 Å². The highest BCUT2D eigenvalue weighted by molar-refractivity contribution is 6.25. The minimum Gasteiger partial charge on any atom is -0.497 e. The van der Waals surface area contributed by atoms with Crippen LogP contribution in [0.15, 0.2) is 102 Å². The molecule has 8 rings (SSSR count). The standard InChI is InChI=1S/C36H31N3O5/c1-3-19-44-24-17-15-23(16-18-24)39-34(41)31-30-26-11-4-6-13-28(26)36(32(31)35(39)42,29-14-7-5-12-27(29)30)21-37-38-33(40)22-9-8-10-25(20-22)43-2/h4-18,20-21,30-32H,3,19H2,1-2H3,(H,38,40)/b37-21-/t30?,31-,32-,36?/m0/s1. The van der Waals surface area contributed by atoms with Crippen LogP contribution in [0.3, 0.4) is 0 Å². The smallest absolute Gasteiger partial charge is 0.271 e. The molecule has 1 heterocycles. The second-order valence-electron chi connectivity index (χ2n) is 11.3. The number of carbonyl (C=O) groups is 3. The molecule has 4 aromatic rings. The first-order valence-electron chi connectivity index (χ1n) is 14.8. The van der Waals surface area contributed by atoms with E-state index >= 15 is 0 Å². The lowest BCUT2D eigenvalue weighted by Gasteiger charge is -2.52. The van der Waals surface area contributed by atoms with Crippen molar-refractivity contribution in [2.24, 2.45) is 16.9 Å². The summed E-state index contributed by atoms with van der Waals surface area (Å²) in [5, 5.41) is 4.49. The molecule has 3 aliphatic carbocycles. The second kappa shape index (κ2) is 10.8. The Morgan fingerprint density at radius 2 is 1.57 bits per heavy atom. The number of nitrogens with zero attached hydrogens (tertiary/aromatic N) is 2. The predicted octanol–water partition coefficient (Wildman–Crippen LogP) is 5.45. The van der Waals surface area contributed by atoms with Gasteiger partial charge in [-0.05, 0) is 71.1 Å². The van der Waals surface area contributed by atoms with E-state index in [1.165, 1.54) is 12.0 Å². The monoisotopic (exact) mass is 585 g/mol. The second-order valence-corrected chi connectivity index (χ2v) is 11.3. The van der Waals surface area contributed by atoms with Gasteiger partial charge in [0.2, 0.25) is 11.8 Å². The van der Waals surface area contributed by atoms with E-state index in [-0.39, 0.29) is 17.7 Å². The molecule has 220 valence electrons. The molecule has 2 bridgehead atoms. The first-order valence-corrected chi connectivity index (χ1v) is 14.8. The van der Waals surface area contributed by atoms with Crippen molar-refractivity contribution in [3.63, 3.8) is 0 Å². The number of carbonyl (C=O) groups excluding carboxylic acids is 3. The van der Waals surface area contributed by atoms with Crippen LogP contribution in [0.5, 0.6) is 11.5 Å². The molecule has 0 aromatic heterocycles. The molecule has 0 radical (unpaired) electrons. The number of benzene rings is 4. The number of nitrogens with one attached hydrogen (secondary N) is 1. The number of rotatable bonds is 8. The van der Waals surface area contributed by atoms with Gasteiger partial charge in [0.15, 0.2) is 0 Å². The van der Waals surface area contributed by atoms with Gasteiger partial charge in [0.25, 0.3) is 5.91 Å². The molecule has 44 heavy (non-hydrogen) atoms. The number of methoxy groups -OCH3 is 1. The summed E-state index contributed by atoms with van der Waals surface area (Å²) >= 11 is 0. The molecule has 1 aliphatic heterocycles. The van der Waals surface area contributed by atoms with Crippen molar-refractivity contribution >= 4 is 29.6 Å². The summed E-state index contributed by atoms with van der Waals surface area (Å²) in [5.41, 5.74) is 6.27. The molecule has 4 aromatic carbocycles. The third-order valence-corrected chi connectivity index (χ3v) is 9.02. The molecule has 3 amide bonds. The highest BCUT2D eigenvalue weighted by Gasteiger charge is 2.68. The summed E-state index contributed by atoms with van der Waals surface area (Å²) < 4.78 is 11.0. The minimum absolute atomic E-state index is 0.241. The molecule has 0 unspecified atom stereocenters. The van der Waals surface area contributed by atoms with Crippen LogP contribution in [0.4, 0.5) is 5.69 Å². The van der Waals surface area contributed by atoms with Gasteiger partial charge in [0, 0.05) is 17.7 Å². The van der Waals surface area contributed by atoms with Gasteiger partial charge >= 0.3 is 0 Å². The van der Waals surface area contributed by atoms with E-state index in [4.69, 9.17) is 9.47 Å². The summed E-state index contributed by atoms with van der Waals surface area (Å²) in [6, 6.07) is 29.8. The van der Waals surface area contributed by atoms with E-state index in [9.17, 15) is 14.4 Å². The highest BCUT2D eigenvalue weighted by Crippen LogP contribution is 2.63. The number of imide groups is 1. The topological polar surface area (TPSA) is 97.3 Å². The molecule has 1 saturated heterocycles. The van der Waals surface area contributed by atoms with Crippen LogP contribution >= 0.6 is 0 Å². The van der Waals surface area contributed by atoms with Crippen molar-refractivity contribution in [2.75, 3.05) is 18.6 Å². The van der Waals surface area contributed by atoms with Crippen LogP contribution in [-0.2, 0) is 15.0 Å². The van der Waals surface area contributed by atoms with Crippen LogP contribution in [0.25, 0.3) is 0 Å². The van der Waals surface area contributed by atoms with Gasteiger partial charge in [-0.3, -0.25) is 14.4 Å². The fourth-order valence-corrected chi connectivity index (χ4v) is 7.24. The molecular weight excluding hydrogens is 554 g/mol. The first kappa shape index (κ1) is 27.6. The van der Waals surface area contributed by atoms with Gasteiger partial charge in [0.1, 0.15) is 11.5 Å². The highest BCUT2D eigenvalue weighted by atomic mass is 16.5. The number of hydrogen-bond acceptors (Lipinski definition) is 6. The van der Waals surface area contributed by atoms with Gasteiger partial charge in [-0.2, -0.15) is 5.10 Å². The van der Waals surface area contributed by atoms with Crippen molar-refractivity contribution in [2.45, 2.75) is 24.7 Å². The molecule has 1 fully saturated rings. The van der Waals surface area contributed by atoms with E-state index in [1.807, 2.05) is 55.5 Å². The number of anilines is 1. The average molecular weight is 586 g/mol. The number of hydrazone groups is 1. The lowest BCUT2D eigenvalue weighted by atomic mass is 9.47. The zero-order valence-electron chi connectivity index (χ0n) is 24.4. The van der Waals surface area contributed by atoms with Crippen molar-refractivity contribution < 1.29 is 23.9 Å². The molecule has 8 heteroatoms. The lowest BCUT2D eigenvalue weighted by molar-refractivity contribution is -0.122. The molecule has 2 atom stereocenters. The maximum Gasteiger partial charge on any atom is 0.271 e. The van der Waals surface area contributed by atoms with Crippen LogP contribution < -0.4 is 19.8 Å². The van der Waals surface area contributed by atoms with Crippen molar-refractivity contribution in [3.8, 4) is 11.5 Å². The quantitative estimate of drug-likeness (QED) is 0.169. The fraction of sp³-hybridized carbons (Fsp3) is 0.222. The summed E-state index contributed by atoms with van der Waals surface area (Å²) in [6.45, 7) is 2.62. The summed E-state index contributed by atoms with van der Waals surface area (Å²) in [5.74, 6) is -1.39. The fourth-order valence-electron chi connectivity index (χ4n) is 7.24. The molecule has 4 aliphatic rings. The number of amides is 3. The molecule has 0 saturated carbocycles. The summed E-state index contributed by atoms with van der Waals surface area (Å²) in [6.07, 6.45) is 2.53. The van der Waals surface area contributed by atoms with Gasteiger partial charge in [0.05, 0.1) is 36.7 Å². The molecule has 0 spiro atoms. The Kier molecular flexibility index (Phi) is 6.77. The van der Waals surface area contributed by atoms with Crippen LogP contribution in [0, 0.1) is 11.8 Å². The van der Waals surface area contributed by atoms with E-state index in [1.54, 1.807) is 54.7 Å². The van der Waals surface area contributed by atoms with E-state index in [0.717, 1.165) is 28.7 Å². The van der Waals surface area contributed by atoms with Gasteiger partial charge in [-0.15, -0.1) is 0 Å². The molecular formula is C36H31N3O5. The Morgan fingerprint density at radius 1 is 0.886 bits per heavy atom. The first-order chi connectivity index (χ1) is 21.5. The average Bonchev–Trinajstić information content (AvgIpc) is 3.34. The third kappa shape index (κ3) is 4.05. The maximum absolute atomic E-state index is 14.5. The predicted molar refractivity (Wildman–Crippen MR) is 166 cm³/mol. The molecule has 8 nitrogen and oxygen atoms in total. The van der Waals surface area contributed by atoms with Gasteiger partial charge in [-0.25, -0.2) is 10.3 Å². The zero-order valence-corrected chi connectivity index (χ0v) is 24.4. The largest absolute Gasteiger partial charge is 0.497 e. The summed E-state index contributed by atoms with van der Waals surface area (Å²) in [7, 11) is 1.54. The van der Waals surface area contributed by atoms with E-state index in [0.29, 0.717) is 29.4 Å². The van der Waals surface area contributed by atoms with Crippen molar-refractivity contribution in [3.05, 3.63) is 125 Å². The summed E-state index contributed by atoms with van der Waals surface area (Å²) in [4.78, 5) is 43.3. The number of ether oxygens (including phenoxy) is 2. The number of hydrogen-bond donors (Lipinski definition) is 1. The Balaban J connectivity index is 1.33. The SMILES string of the molecule is CCCOc1ccc(N2C(=O)[C@@H]3[C@@H](C2=O)C2c4ccccc4C3(/C=N\NC(=O)c3cccc(OC)c3)c3ccccc32)cc1. The Bertz CT molecular complexity index is 1770. The Labute approximate surface area is 255 Å². The Hall–Kier alpha value is -5.24. The van der Waals surface area contributed by atoms with Crippen LogP contribution in [0.1, 0.15) is 51.9 Å². The van der Waals surface area contributed by atoms with Gasteiger partial charge < -0.3 is 9.47 Å². The normalized spacial score (nSPS) is 22.9. The molecule has 1 N–H and O–H groups in total. The third-order valence-electron chi connectivity index (χ3n) is 9.02. The zero-order chi connectivity index (χ0) is 30.4. The Morgan fingerprint density at radius 3 is 2.23 bits per heavy atom. The lowest BCUT2D eigenvalue weighted by Crippen LogP contribution is -2.54. The van der Waals surface area contributed by atoms with Crippen LogP contribution in [-0.4, -0.2) is 37.7 Å². The van der Waals surface area contributed by atoms with Crippen molar-refractivity contribution in [1.82, 2.24) is 5.43 Å². The van der Waals surface area contributed by atoms with E-state index in [2.05, 4.69) is 10.5 Å².